The average Bonchev–Trinajstić information content (AvgIpc) is 2.95. The molecule has 27 heavy (non-hydrogen) atoms. The zero-order valence-corrected chi connectivity index (χ0v) is 14.5. The van der Waals surface area contributed by atoms with E-state index < -0.39 is 6.03 Å². The highest BCUT2D eigenvalue weighted by Gasteiger charge is 2.32. The molecule has 1 saturated heterocycles. The minimum absolute atomic E-state index is 0.166. The molecule has 0 aromatic heterocycles. The molecular weight excluding hydrogens is 342 g/mol. The van der Waals surface area contributed by atoms with Crippen LogP contribution in [-0.4, -0.2) is 23.4 Å². The third kappa shape index (κ3) is 4.05. The lowest BCUT2D eigenvalue weighted by Gasteiger charge is -2.08. The first-order chi connectivity index (χ1) is 13.1. The topological polar surface area (TPSA) is 82.4 Å². The Morgan fingerprint density at radius 3 is 2.59 bits per heavy atom. The maximum absolute atomic E-state index is 12.2. The first-order valence-corrected chi connectivity index (χ1v) is 8.28. The van der Waals surface area contributed by atoms with E-state index in [4.69, 9.17) is 10.00 Å². The zero-order chi connectivity index (χ0) is 19.2. The number of imide groups is 1. The summed E-state index contributed by atoms with van der Waals surface area (Å²) in [5.41, 5.74) is 2.37. The number of urea groups is 1. The van der Waals surface area contributed by atoms with Gasteiger partial charge in [0.05, 0.1) is 11.6 Å². The van der Waals surface area contributed by atoms with Crippen LogP contribution in [-0.2, 0) is 11.4 Å². The molecule has 3 amide bonds. The van der Waals surface area contributed by atoms with Crippen LogP contribution in [0.4, 0.5) is 4.79 Å². The molecule has 1 aliphatic rings. The van der Waals surface area contributed by atoms with E-state index in [0.29, 0.717) is 11.3 Å². The van der Waals surface area contributed by atoms with Gasteiger partial charge < -0.3 is 10.1 Å². The summed E-state index contributed by atoms with van der Waals surface area (Å²) in [7, 11) is 0. The van der Waals surface area contributed by atoms with Crippen molar-refractivity contribution in [2.75, 3.05) is 6.54 Å². The molecule has 134 valence electrons. The summed E-state index contributed by atoms with van der Waals surface area (Å²) in [6, 6.07) is 16.1. The van der Waals surface area contributed by atoms with Crippen molar-refractivity contribution in [1.29, 1.82) is 5.26 Å². The van der Waals surface area contributed by atoms with Gasteiger partial charge in [-0.25, -0.2) is 4.79 Å². The number of nitrogens with one attached hydrogen (secondary N) is 1. The summed E-state index contributed by atoms with van der Waals surface area (Å²) in [5.74, 6) is 0.258. The van der Waals surface area contributed by atoms with Gasteiger partial charge in [0.2, 0.25) is 0 Å². The molecule has 0 atom stereocenters. The van der Waals surface area contributed by atoms with E-state index in [1.165, 1.54) is 6.08 Å². The highest BCUT2D eigenvalue weighted by Crippen LogP contribution is 2.19. The molecule has 0 radical (unpaired) electrons. The Morgan fingerprint density at radius 2 is 1.89 bits per heavy atom. The minimum atomic E-state index is -0.456. The molecule has 0 spiro atoms. The highest BCUT2D eigenvalue weighted by molar-refractivity contribution is 6.14. The Morgan fingerprint density at radius 1 is 1.15 bits per heavy atom. The molecule has 6 nitrogen and oxygen atoms in total. The van der Waals surface area contributed by atoms with Crippen molar-refractivity contribution in [2.45, 2.75) is 6.61 Å². The molecule has 6 heteroatoms. The van der Waals surface area contributed by atoms with E-state index in [0.717, 1.165) is 16.0 Å². The van der Waals surface area contributed by atoms with Crippen molar-refractivity contribution < 1.29 is 14.3 Å². The molecule has 0 aliphatic carbocycles. The van der Waals surface area contributed by atoms with E-state index in [1.807, 2.05) is 18.2 Å². The molecule has 2 aromatic carbocycles. The molecule has 0 unspecified atom stereocenters. The van der Waals surface area contributed by atoms with Crippen molar-refractivity contribution in [1.82, 2.24) is 10.2 Å². The predicted octanol–water partition coefficient (Wildman–Crippen LogP) is 3.22. The number of hydrogen-bond acceptors (Lipinski definition) is 4. The van der Waals surface area contributed by atoms with Gasteiger partial charge in [0.25, 0.3) is 5.91 Å². The molecule has 1 heterocycles. The maximum Gasteiger partial charge on any atom is 0.329 e. The van der Waals surface area contributed by atoms with Crippen molar-refractivity contribution in [2.24, 2.45) is 0 Å². The van der Waals surface area contributed by atoms with Crippen LogP contribution in [0.25, 0.3) is 6.08 Å². The van der Waals surface area contributed by atoms with Gasteiger partial charge in [0.1, 0.15) is 18.1 Å². The minimum Gasteiger partial charge on any atom is -0.489 e. The van der Waals surface area contributed by atoms with Gasteiger partial charge in [-0.2, -0.15) is 5.26 Å². The lowest BCUT2D eigenvalue weighted by molar-refractivity contribution is -0.122. The van der Waals surface area contributed by atoms with E-state index >= 15 is 0 Å². The molecule has 3 rings (SSSR count). The first-order valence-electron chi connectivity index (χ1n) is 8.28. The fraction of sp³-hybridized carbons (Fsp3) is 0.0952. The number of rotatable bonds is 6. The monoisotopic (exact) mass is 359 g/mol. The van der Waals surface area contributed by atoms with Crippen LogP contribution in [0.2, 0.25) is 0 Å². The Hall–Kier alpha value is -3.85. The van der Waals surface area contributed by atoms with Gasteiger partial charge in [-0.1, -0.05) is 36.4 Å². The van der Waals surface area contributed by atoms with E-state index in [2.05, 4.69) is 18.0 Å². The molecule has 0 bridgehead atoms. The first kappa shape index (κ1) is 18.0. The van der Waals surface area contributed by atoms with Crippen molar-refractivity contribution in [3.8, 4) is 11.8 Å². The highest BCUT2D eigenvalue weighted by atomic mass is 16.5. The lowest BCUT2D eigenvalue weighted by atomic mass is 10.1. The van der Waals surface area contributed by atoms with Crippen molar-refractivity contribution in [3.05, 3.63) is 83.6 Å². The Balaban J connectivity index is 1.67. The number of nitriles is 1. The van der Waals surface area contributed by atoms with Crippen LogP contribution in [0.15, 0.2) is 66.9 Å². The third-order valence-corrected chi connectivity index (χ3v) is 4.00. The van der Waals surface area contributed by atoms with Gasteiger partial charge in [-0.3, -0.25) is 9.69 Å². The Bertz CT molecular complexity index is 955. The number of carbonyl (C=O) groups is 2. The quantitative estimate of drug-likeness (QED) is 0.488. The maximum atomic E-state index is 12.2. The normalized spacial score (nSPS) is 14.8. The van der Waals surface area contributed by atoms with Gasteiger partial charge >= 0.3 is 6.03 Å². The van der Waals surface area contributed by atoms with E-state index in [1.54, 1.807) is 36.4 Å². The Kier molecular flexibility index (Phi) is 5.33. The predicted molar refractivity (Wildman–Crippen MR) is 100 cm³/mol. The summed E-state index contributed by atoms with van der Waals surface area (Å²) >= 11 is 0. The van der Waals surface area contributed by atoms with E-state index in [9.17, 15) is 9.59 Å². The van der Waals surface area contributed by atoms with Crippen LogP contribution < -0.4 is 10.1 Å². The Labute approximate surface area is 157 Å². The fourth-order valence-corrected chi connectivity index (χ4v) is 2.61. The molecule has 1 fully saturated rings. The van der Waals surface area contributed by atoms with Crippen LogP contribution in [0.5, 0.6) is 5.75 Å². The smallest absolute Gasteiger partial charge is 0.329 e. The molecule has 1 aliphatic heterocycles. The standard InChI is InChI=1S/C21H17N3O3/c1-2-11-24-20(25)19(23-21(24)26)12-15-7-9-18(10-8-15)27-14-17-6-4-3-5-16(17)13-22/h2-10,12H,1,11,14H2,(H,23,26). The SMILES string of the molecule is C=CCN1C(=O)NC(=Cc2ccc(OCc3ccccc3C#N)cc2)C1=O. The van der Waals surface area contributed by atoms with E-state index in [-0.39, 0.29) is 24.8 Å². The molecule has 2 aromatic rings. The third-order valence-electron chi connectivity index (χ3n) is 4.00. The molecule has 0 saturated carbocycles. The number of carbonyl (C=O) groups excluding carboxylic acids is 2. The van der Waals surface area contributed by atoms with Crippen molar-refractivity contribution >= 4 is 18.0 Å². The largest absolute Gasteiger partial charge is 0.489 e. The van der Waals surface area contributed by atoms with Gasteiger partial charge in [-0.15, -0.1) is 6.58 Å². The second-order valence-electron chi connectivity index (χ2n) is 5.82. The van der Waals surface area contributed by atoms with Crippen LogP contribution in [0.3, 0.4) is 0 Å². The lowest BCUT2D eigenvalue weighted by Crippen LogP contribution is -2.30. The van der Waals surface area contributed by atoms with Gasteiger partial charge in [0, 0.05) is 12.1 Å². The summed E-state index contributed by atoms with van der Waals surface area (Å²) < 4.78 is 5.72. The van der Waals surface area contributed by atoms with Crippen molar-refractivity contribution in [3.63, 3.8) is 0 Å². The summed E-state index contributed by atoms with van der Waals surface area (Å²) in [6.45, 7) is 3.99. The fourth-order valence-electron chi connectivity index (χ4n) is 2.61. The number of nitrogens with zero attached hydrogens (tertiary/aromatic N) is 2. The number of hydrogen-bond donors (Lipinski definition) is 1. The molecular formula is C21H17N3O3. The number of amides is 3. The zero-order valence-electron chi connectivity index (χ0n) is 14.5. The second-order valence-corrected chi connectivity index (χ2v) is 5.82. The summed E-state index contributed by atoms with van der Waals surface area (Å²) in [6.07, 6.45) is 3.11. The van der Waals surface area contributed by atoms with Crippen LogP contribution in [0, 0.1) is 11.3 Å². The summed E-state index contributed by atoms with van der Waals surface area (Å²) in [5, 5.41) is 11.7. The second kappa shape index (κ2) is 8.02. The average molecular weight is 359 g/mol. The molecule has 1 N–H and O–H groups in total. The number of ether oxygens (including phenoxy) is 1. The number of benzene rings is 2. The van der Waals surface area contributed by atoms with Gasteiger partial charge in [0.15, 0.2) is 0 Å². The summed E-state index contributed by atoms with van der Waals surface area (Å²) in [4.78, 5) is 25.0. The van der Waals surface area contributed by atoms with Crippen LogP contribution in [0.1, 0.15) is 16.7 Å². The van der Waals surface area contributed by atoms with Gasteiger partial charge in [-0.05, 0) is 29.8 Å². The van der Waals surface area contributed by atoms with Crippen LogP contribution >= 0.6 is 0 Å².